The third-order valence-corrected chi connectivity index (χ3v) is 16.3. The van der Waals surface area contributed by atoms with Gasteiger partial charge in [0.05, 0.1) is 25.9 Å². The van der Waals surface area contributed by atoms with Crippen LogP contribution < -0.4 is 4.87 Å². The molecule has 384 valence electrons. The molecule has 0 atom stereocenters. The predicted octanol–water partition coefficient (Wildman–Crippen LogP) is 15.5. The van der Waals surface area contributed by atoms with Gasteiger partial charge in [0.25, 0.3) is 0 Å². The van der Waals surface area contributed by atoms with Gasteiger partial charge in [0, 0.05) is 22.0 Å². The minimum Gasteiger partial charge on any atom is -0.505 e. The van der Waals surface area contributed by atoms with Crippen molar-refractivity contribution >= 4 is 77.4 Å². The maximum atomic E-state index is 11.8. The number of hydrogen-bond donors (Lipinski definition) is 4. The number of phenols is 2. The van der Waals surface area contributed by atoms with Crippen molar-refractivity contribution in [2.45, 2.75) is 131 Å². The van der Waals surface area contributed by atoms with E-state index in [0.29, 0.717) is 26.4 Å². The van der Waals surface area contributed by atoms with Gasteiger partial charge in [0.15, 0.2) is 3.95 Å². The average molecular weight is 1050 g/mol. The first-order valence-electron chi connectivity index (χ1n) is 25.2. The van der Waals surface area contributed by atoms with Crippen LogP contribution in [0.3, 0.4) is 0 Å². The van der Waals surface area contributed by atoms with Crippen LogP contribution >= 0.6 is 34.9 Å². The number of benzene rings is 6. The lowest BCUT2D eigenvalue weighted by Crippen LogP contribution is -2.27. The number of aromatic nitrogens is 8. The molecule has 0 unspecified atom stereocenters. The van der Waals surface area contributed by atoms with E-state index in [9.17, 15) is 15.0 Å². The van der Waals surface area contributed by atoms with Crippen LogP contribution in [0.25, 0.3) is 53.9 Å². The number of phenolic OH excluding ortho intramolecular Hbond substituents is 2. The monoisotopic (exact) mass is 1040 g/mol. The Morgan fingerprint density at radius 1 is 0.527 bits per heavy atom. The normalized spacial score (nSPS) is 13.1. The average Bonchev–Trinajstić information content (AvgIpc) is 4.09. The lowest BCUT2D eigenvalue weighted by molar-refractivity contribution is 0.283. The second kappa shape index (κ2) is 18.7. The molecular weight excluding hydrogens is 977 g/mol. The van der Waals surface area contributed by atoms with Gasteiger partial charge in [0.1, 0.15) is 39.4 Å². The lowest BCUT2D eigenvalue weighted by atomic mass is 9.70. The van der Waals surface area contributed by atoms with E-state index in [-0.39, 0.29) is 38.0 Å². The smallest absolute Gasteiger partial charge is 0.305 e. The Labute approximate surface area is 446 Å². The Balaban J connectivity index is 0.000000182. The molecule has 0 amide bonds. The first-order valence-corrected chi connectivity index (χ1v) is 27.2. The van der Waals surface area contributed by atoms with Gasteiger partial charge < -0.3 is 15.2 Å². The molecule has 0 aliphatic rings. The Hall–Kier alpha value is -6.48. The van der Waals surface area contributed by atoms with E-state index in [1.807, 2.05) is 66.7 Å². The summed E-state index contributed by atoms with van der Waals surface area (Å²) in [6, 6.07) is 36.7. The zero-order valence-electron chi connectivity index (χ0n) is 45.0. The zero-order chi connectivity index (χ0) is 53.5. The lowest BCUT2D eigenvalue weighted by Gasteiger charge is -2.35. The van der Waals surface area contributed by atoms with Crippen molar-refractivity contribution in [2.75, 3.05) is 0 Å². The van der Waals surface area contributed by atoms with Gasteiger partial charge in [-0.3, -0.25) is 9.89 Å². The van der Waals surface area contributed by atoms with Crippen LogP contribution in [0.15, 0.2) is 114 Å². The Bertz CT molecular complexity index is 3480. The largest absolute Gasteiger partial charge is 0.505 e. The summed E-state index contributed by atoms with van der Waals surface area (Å²) in [5.74, 6) is 0.390. The maximum absolute atomic E-state index is 11.8. The van der Waals surface area contributed by atoms with Crippen LogP contribution in [0.1, 0.15) is 143 Å². The Kier molecular flexibility index (Phi) is 13.2. The van der Waals surface area contributed by atoms with Gasteiger partial charge in [-0.2, -0.15) is 4.80 Å². The first-order chi connectivity index (χ1) is 34.5. The molecule has 74 heavy (non-hydrogen) atoms. The number of nitrogens with one attached hydrogen (secondary N) is 2. The second-order valence-corrected chi connectivity index (χ2v) is 27.4. The third kappa shape index (κ3) is 10.5. The fourth-order valence-electron chi connectivity index (χ4n) is 11.1. The molecule has 10 aromatic rings. The highest BCUT2D eigenvalue weighted by Gasteiger charge is 2.36. The number of aromatic hydroxyl groups is 2. The Morgan fingerprint density at radius 3 is 1.53 bits per heavy atom. The number of thiazole rings is 2. The van der Waals surface area contributed by atoms with Crippen LogP contribution in [0.4, 0.5) is 0 Å². The molecule has 0 saturated carbocycles. The van der Waals surface area contributed by atoms with Gasteiger partial charge in [-0.05, 0) is 105 Å². The molecule has 0 spiro atoms. The molecule has 4 aromatic heterocycles. The van der Waals surface area contributed by atoms with Crippen LogP contribution in [-0.4, -0.2) is 50.2 Å². The molecule has 0 aliphatic carbocycles. The molecule has 14 heteroatoms. The molecule has 0 saturated heterocycles. The van der Waals surface area contributed by atoms with Gasteiger partial charge >= 0.3 is 4.87 Å². The molecule has 0 radical (unpaired) electrons. The molecule has 0 bridgehead atoms. The third-order valence-electron chi connectivity index (χ3n) is 14.3. The topological polar surface area (TPSA) is 151 Å². The van der Waals surface area contributed by atoms with Crippen LogP contribution in [-0.2, 0) is 21.7 Å². The summed E-state index contributed by atoms with van der Waals surface area (Å²) in [7, 11) is 0. The first kappa shape index (κ1) is 52.4. The van der Waals surface area contributed by atoms with Crippen molar-refractivity contribution in [1.82, 2.24) is 40.0 Å². The van der Waals surface area contributed by atoms with Crippen molar-refractivity contribution in [3.05, 3.63) is 156 Å². The van der Waals surface area contributed by atoms with E-state index < -0.39 is 10.8 Å². The summed E-state index contributed by atoms with van der Waals surface area (Å²) in [6.45, 7) is 31.2. The number of rotatable bonds is 10. The summed E-state index contributed by atoms with van der Waals surface area (Å²) >= 11 is 7.89. The van der Waals surface area contributed by atoms with Gasteiger partial charge in [-0.25, -0.2) is 4.98 Å². The summed E-state index contributed by atoms with van der Waals surface area (Å²) in [5.41, 5.74) is 11.1. The van der Waals surface area contributed by atoms with Gasteiger partial charge in [0.2, 0.25) is 0 Å². The van der Waals surface area contributed by atoms with Crippen LogP contribution in [0.5, 0.6) is 11.5 Å². The summed E-state index contributed by atoms with van der Waals surface area (Å²) in [6.07, 6.45) is 1.96. The maximum Gasteiger partial charge on any atom is 0.305 e. The highest BCUT2D eigenvalue weighted by molar-refractivity contribution is 7.73. The number of aromatic amines is 2. The number of hydrogen-bond acceptors (Lipinski definition) is 10. The fraction of sp³-hybridized carbons (Fsp3) is 0.367. The van der Waals surface area contributed by atoms with E-state index >= 15 is 0 Å². The van der Waals surface area contributed by atoms with Crippen molar-refractivity contribution in [2.24, 2.45) is 10.8 Å². The minimum atomic E-state index is -0.456. The van der Waals surface area contributed by atoms with Gasteiger partial charge in [-0.15, -0.1) is 31.4 Å². The quantitative estimate of drug-likeness (QED) is 0.0989. The SMILES string of the molecule is CC(C)(C)CC(C)(C)c1cc(-n2nc3cc4[nH]c(=O)sc4cc3n2)c(O)c(C(C)(C)c2ccccc2)c1.CC(C)(C)CC(C)(C)c1cc(-n2nc3cc4sc(=S)nc4cc3[nH]2)c(O)c(C(C)(C)c2ccccc2)c1. The molecule has 10 rings (SSSR count). The van der Waals surface area contributed by atoms with Crippen LogP contribution in [0, 0.1) is 14.8 Å². The van der Waals surface area contributed by atoms with E-state index in [2.05, 4.69) is 154 Å². The van der Waals surface area contributed by atoms with Crippen molar-refractivity contribution in [1.29, 1.82) is 0 Å². The predicted molar refractivity (Wildman–Crippen MR) is 309 cm³/mol. The van der Waals surface area contributed by atoms with E-state index in [1.54, 1.807) is 4.80 Å². The minimum absolute atomic E-state index is 0.102. The Morgan fingerprint density at radius 2 is 1.00 bits per heavy atom. The number of nitrogens with zero attached hydrogens (tertiary/aromatic N) is 6. The molecule has 0 aliphatic heterocycles. The number of fused-ring (bicyclic) bond motifs is 4. The molecule has 4 heterocycles. The molecule has 4 N–H and O–H groups in total. The molecular formula is C60H68N8O3S3. The molecule has 6 aromatic carbocycles. The van der Waals surface area contributed by atoms with Crippen molar-refractivity contribution in [3.63, 3.8) is 0 Å². The summed E-state index contributed by atoms with van der Waals surface area (Å²) in [5, 5.41) is 41.2. The highest BCUT2D eigenvalue weighted by Crippen LogP contribution is 2.47. The van der Waals surface area contributed by atoms with Gasteiger partial charge in [-0.1, -0.05) is 181 Å². The standard InChI is InChI=1S/C30H34N4O2S.C30H34N4OS2/c2*1-28(2,3)17-29(4,5)19-13-20(30(6,7)18-11-9-8-10-12-18)26(35)24(14-19)34-32-21-15-23-25(16-22(21)33-34)37-27(36)31-23/h8-16,35H,17H2,1-7H3,(H,31,36);8-16,32,35H,17H2,1-7H3. The fourth-order valence-corrected chi connectivity index (χ4v) is 12.9. The van der Waals surface area contributed by atoms with E-state index in [4.69, 9.17) is 27.5 Å². The van der Waals surface area contributed by atoms with Crippen LogP contribution in [0.2, 0.25) is 0 Å². The molecule has 0 fully saturated rings. The molecule has 11 nitrogen and oxygen atoms in total. The second-order valence-electron chi connectivity index (χ2n) is 24.7. The highest BCUT2D eigenvalue weighted by atomic mass is 32.1. The van der Waals surface area contributed by atoms with E-state index in [0.717, 1.165) is 83.5 Å². The van der Waals surface area contributed by atoms with E-state index in [1.165, 1.54) is 21.7 Å². The van der Waals surface area contributed by atoms with Crippen molar-refractivity contribution in [3.8, 4) is 22.9 Å². The summed E-state index contributed by atoms with van der Waals surface area (Å²) in [4.78, 5) is 22.2. The number of H-pyrrole nitrogens is 2. The van der Waals surface area contributed by atoms with Crippen molar-refractivity contribution < 1.29 is 10.2 Å². The zero-order valence-corrected chi connectivity index (χ0v) is 47.5. The summed E-state index contributed by atoms with van der Waals surface area (Å²) < 4.78 is 2.46.